The van der Waals surface area contributed by atoms with Crippen molar-refractivity contribution >= 4 is 11.8 Å². The SMILES string of the molecule is CCC(C#N)C1CCSC1. The highest BCUT2D eigenvalue weighted by Crippen LogP contribution is 2.30. The van der Waals surface area contributed by atoms with E-state index < -0.39 is 0 Å². The van der Waals surface area contributed by atoms with Crippen molar-refractivity contribution in [2.75, 3.05) is 11.5 Å². The van der Waals surface area contributed by atoms with Gasteiger partial charge in [-0.05, 0) is 30.3 Å². The van der Waals surface area contributed by atoms with Crippen LogP contribution in [0.2, 0.25) is 0 Å². The molecule has 1 aliphatic rings. The minimum Gasteiger partial charge on any atom is -0.198 e. The summed E-state index contributed by atoms with van der Waals surface area (Å²) in [4.78, 5) is 0. The first kappa shape index (κ1) is 7.94. The van der Waals surface area contributed by atoms with Gasteiger partial charge in [-0.3, -0.25) is 0 Å². The average Bonchev–Trinajstić information content (AvgIpc) is 2.43. The summed E-state index contributed by atoms with van der Waals surface area (Å²) in [6, 6.07) is 2.38. The van der Waals surface area contributed by atoms with E-state index in [0.717, 1.165) is 6.42 Å². The molecule has 0 radical (unpaired) electrons. The van der Waals surface area contributed by atoms with Crippen molar-refractivity contribution in [3.05, 3.63) is 0 Å². The van der Waals surface area contributed by atoms with Crippen LogP contribution < -0.4 is 0 Å². The Balaban J connectivity index is 2.38. The van der Waals surface area contributed by atoms with Crippen LogP contribution in [-0.2, 0) is 0 Å². The molecule has 0 aromatic rings. The number of nitrogens with zero attached hydrogens (tertiary/aromatic N) is 1. The van der Waals surface area contributed by atoms with Gasteiger partial charge in [0.05, 0.1) is 6.07 Å². The summed E-state index contributed by atoms with van der Waals surface area (Å²) in [6.45, 7) is 2.11. The fourth-order valence-electron chi connectivity index (χ4n) is 1.40. The first-order valence-corrected chi connectivity index (χ1v) is 5.01. The van der Waals surface area contributed by atoms with Gasteiger partial charge < -0.3 is 0 Å². The van der Waals surface area contributed by atoms with Crippen molar-refractivity contribution in [2.24, 2.45) is 11.8 Å². The Morgan fingerprint density at radius 2 is 2.60 bits per heavy atom. The molecular formula is C8H13NS. The lowest BCUT2D eigenvalue weighted by atomic mass is 9.91. The van der Waals surface area contributed by atoms with E-state index in [4.69, 9.17) is 5.26 Å². The predicted molar refractivity (Wildman–Crippen MR) is 44.8 cm³/mol. The van der Waals surface area contributed by atoms with Crippen LogP contribution in [0.3, 0.4) is 0 Å². The number of hydrogen-bond acceptors (Lipinski definition) is 2. The van der Waals surface area contributed by atoms with E-state index in [0.29, 0.717) is 11.8 Å². The molecule has 0 spiro atoms. The maximum Gasteiger partial charge on any atom is 0.0658 e. The molecule has 0 aromatic carbocycles. The Morgan fingerprint density at radius 3 is 3.00 bits per heavy atom. The molecule has 1 saturated heterocycles. The molecule has 2 heteroatoms. The summed E-state index contributed by atoms with van der Waals surface area (Å²) in [7, 11) is 0. The molecule has 1 aliphatic heterocycles. The predicted octanol–water partition coefficient (Wildman–Crippen LogP) is 2.29. The van der Waals surface area contributed by atoms with Gasteiger partial charge in [-0.1, -0.05) is 6.92 Å². The minimum absolute atomic E-state index is 0.329. The average molecular weight is 155 g/mol. The molecular weight excluding hydrogens is 142 g/mol. The normalized spacial score (nSPS) is 27.8. The fourth-order valence-corrected chi connectivity index (χ4v) is 2.74. The second-order valence-electron chi connectivity index (χ2n) is 2.77. The van der Waals surface area contributed by atoms with E-state index in [1.54, 1.807) is 0 Å². The zero-order valence-corrected chi connectivity index (χ0v) is 7.16. The summed E-state index contributed by atoms with van der Waals surface area (Å²) in [5, 5.41) is 8.73. The van der Waals surface area contributed by atoms with Crippen molar-refractivity contribution in [2.45, 2.75) is 19.8 Å². The quantitative estimate of drug-likeness (QED) is 0.611. The maximum atomic E-state index is 8.73. The third kappa shape index (κ3) is 1.67. The van der Waals surface area contributed by atoms with Crippen LogP contribution in [0.5, 0.6) is 0 Å². The van der Waals surface area contributed by atoms with Gasteiger partial charge in [0, 0.05) is 5.92 Å². The molecule has 1 heterocycles. The van der Waals surface area contributed by atoms with Crippen molar-refractivity contribution in [3.63, 3.8) is 0 Å². The van der Waals surface area contributed by atoms with Gasteiger partial charge >= 0.3 is 0 Å². The van der Waals surface area contributed by atoms with Gasteiger partial charge in [-0.2, -0.15) is 17.0 Å². The largest absolute Gasteiger partial charge is 0.198 e. The zero-order chi connectivity index (χ0) is 7.40. The minimum atomic E-state index is 0.329. The summed E-state index contributed by atoms with van der Waals surface area (Å²) in [5.41, 5.74) is 0. The maximum absolute atomic E-state index is 8.73. The van der Waals surface area contributed by atoms with E-state index in [-0.39, 0.29) is 0 Å². The highest BCUT2D eigenvalue weighted by molar-refractivity contribution is 7.99. The highest BCUT2D eigenvalue weighted by Gasteiger charge is 2.23. The molecule has 1 rings (SSSR count). The highest BCUT2D eigenvalue weighted by atomic mass is 32.2. The van der Waals surface area contributed by atoms with Crippen LogP contribution >= 0.6 is 11.8 Å². The van der Waals surface area contributed by atoms with Crippen LogP contribution in [0.4, 0.5) is 0 Å². The summed E-state index contributed by atoms with van der Waals surface area (Å²) < 4.78 is 0. The van der Waals surface area contributed by atoms with Crippen LogP contribution in [0.1, 0.15) is 19.8 Å². The van der Waals surface area contributed by atoms with Gasteiger partial charge in [-0.25, -0.2) is 0 Å². The van der Waals surface area contributed by atoms with Gasteiger partial charge in [0.2, 0.25) is 0 Å². The topological polar surface area (TPSA) is 23.8 Å². The van der Waals surface area contributed by atoms with E-state index >= 15 is 0 Å². The molecule has 0 aromatic heterocycles. The molecule has 0 bridgehead atoms. The van der Waals surface area contributed by atoms with Crippen molar-refractivity contribution in [1.82, 2.24) is 0 Å². The fraction of sp³-hybridized carbons (Fsp3) is 0.875. The molecule has 0 aliphatic carbocycles. The molecule has 0 amide bonds. The third-order valence-electron chi connectivity index (χ3n) is 2.14. The molecule has 56 valence electrons. The van der Waals surface area contributed by atoms with Crippen molar-refractivity contribution in [1.29, 1.82) is 5.26 Å². The second kappa shape index (κ2) is 3.88. The van der Waals surface area contributed by atoms with Crippen LogP contribution in [0.15, 0.2) is 0 Å². The second-order valence-corrected chi connectivity index (χ2v) is 3.92. The van der Waals surface area contributed by atoms with Crippen molar-refractivity contribution in [3.8, 4) is 6.07 Å². The Bertz CT molecular complexity index is 133. The van der Waals surface area contributed by atoms with E-state index in [2.05, 4.69) is 13.0 Å². The summed E-state index contributed by atoms with van der Waals surface area (Å²) in [5.74, 6) is 3.50. The number of rotatable bonds is 2. The lowest BCUT2D eigenvalue weighted by molar-refractivity contribution is 0.437. The standard InChI is InChI=1S/C8H13NS/c1-2-7(5-9)8-3-4-10-6-8/h7-8H,2-4,6H2,1H3. The van der Waals surface area contributed by atoms with Crippen LogP contribution in [0, 0.1) is 23.2 Å². The molecule has 2 unspecified atom stereocenters. The monoisotopic (exact) mass is 155 g/mol. The van der Waals surface area contributed by atoms with Gasteiger partial charge in [0.25, 0.3) is 0 Å². The number of hydrogen-bond donors (Lipinski definition) is 0. The Morgan fingerprint density at radius 1 is 1.80 bits per heavy atom. The molecule has 1 fully saturated rings. The van der Waals surface area contributed by atoms with E-state index in [1.807, 2.05) is 11.8 Å². The Labute approximate surface area is 66.8 Å². The Kier molecular flexibility index (Phi) is 3.08. The smallest absolute Gasteiger partial charge is 0.0658 e. The van der Waals surface area contributed by atoms with Crippen molar-refractivity contribution < 1.29 is 0 Å². The summed E-state index contributed by atoms with van der Waals surface area (Å²) >= 11 is 1.99. The number of thioether (sulfide) groups is 1. The van der Waals surface area contributed by atoms with Gasteiger partial charge in [0.15, 0.2) is 0 Å². The van der Waals surface area contributed by atoms with Gasteiger partial charge in [0.1, 0.15) is 0 Å². The summed E-state index contributed by atoms with van der Waals surface area (Å²) in [6.07, 6.45) is 2.29. The van der Waals surface area contributed by atoms with Gasteiger partial charge in [-0.15, -0.1) is 0 Å². The lowest BCUT2D eigenvalue weighted by Crippen LogP contribution is -2.10. The van der Waals surface area contributed by atoms with Crippen LogP contribution in [0.25, 0.3) is 0 Å². The van der Waals surface area contributed by atoms with Crippen LogP contribution in [-0.4, -0.2) is 11.5 Å². The van der Waals surface area contributed by atoms with E-state index in [9.17, 15) is 0 Å². The lowest BCUT2D eigenvalue weighted by Gasteiger charge is -2.11. The zero-order valence-electron chi connectivity index (χ0n) is 6.34. The first-order valence-electron chi connectivity index (χ1n) is 3.85. The first-order chi connectivity index (χ1) is 4.88. The molecule has 0 N–H and O–H groups in total. The number of nitriles is 1. The third-order valence-corrected chi connectivity index (χ3v) is 3.33. The molecule has 0 saturated carbocycles. The molecule has 10 heavy (non-hydrogen) atoms. The van der Waals surface area contributed by atoms with E-state index in [1.165, 1.54) is 17.9 Å². The molecule has 2 atom stereocenters. The molecule has 1 nitrogen and oxygen atoms in total. The Hall–Kier alpha value is -0.160.